The van der Waals surface area contributed by atoms with Crippen LogP contribution in [-0.2, 0) is 0 Å². The summed E-state index contributed by atoms with van der Waals surface area (Å²) < 4.78 is 10.5. The van der Waals surface area contributed by atoms with E-state index >= 15 is 0 Å². The first-order valence-corrected chi connectivity index (χ1v) is 6.89. The van der Waals surface area contributed by atoms with Gasteiger partial charge in [0.1, 0.15) is 17.1 Å². The Morgan fingerprint density at radius 3 is 2.15 bits per heavy atom. The Morgan fingerprint density at radius 1 is 1.15 bits per heavy atom. The van der Waals surface area contributed by atoms with Gasteiger partial charge >= 0.3 is 0 Å². The Hall–Kier alpha value is -1.55. The highest BCUT2D eigenvalue weighted by atomic mass is 16.5. The highest BCUT2D eigenvalue weighted by Gasteiger charge is 2.22. The lowest BCUT2D eigenvalue weighted by Gasteiger charge is -2.23. The van der Waals surface area contributed by atoms with E-state index in [1.165, 1.54) is 0 Å². The van der Waals surface area contributed by atoms with Crippen LogP contribution in [0.1, 0.15) is 43.5 Å². The quantitative estimate of drug-likeness (QED) is 0.743. The molecular weight excluding hydrogens is 254 g/mol. The molecule has 20 heavy (non-hydrogen) atoms. The number of ketones is 1. The highest BCUT2D eigenvalue weighted by Crippen LogP contribution is 2.32. The first-order valence-electron chi connectivity index (χ1n) is 6.89. The monoisotopic (exact) mass is 279 g/mol. The summed E-state index contributed by atoms with van der Waals surface area (Å²) in [4.78, 5) is 12.5. The molecule has 2 N–H and O–H groups in total. The van der Waals surface area contributed by atoms with Gasteiger partial charge in [-0.05, 0) is 36.9 Å². The molecule has 0 unspecified atom stereocenters. The standard InChI is InChI=1S/C16H25NO3/c1-16(2,10-11-17)9-8-12(18)15-13(19-3)6-5-7-14(15)20-4/h5-7H,8-11,17H2,1-4H3. The third-order valence-corrected chi connectivity index (χ3v) is 3.56. The van der Waals surface area contributed by atoms with Crippen LogP contribution in [-0.4, -0.2) is 26.5 Å². The molecule has 0 aliphatic carbocycles. The van der Waals surface area contributed by atoms with Crippen molar-refractivity contribution in [3.05, 3.63) is 23.8 Å². The zero-order chi connectivity index (χ0) is 15.2. The van der Waals surface area contributed by atoms with E-state index in [4.69, 9.17) is 15.2 Å². The number of ether oxygens (including phenoxy) is 2. The molecule has 0 fully saturated rings. The van der Waals surface area contributed by atoms with Crippen molar-refractivity contribution in [2.45, 2.75) is 33.1 Å². The fraction of sp³-hybridized carbons (Fsp3) is 0.562. The summed E-state index contributed by atoms with van der Waals surface area (Å²) in [6.07, 6.45) is 2.16. The van der Waals surface area contributed by atoms with Crippen molar-refractivity contribution in [2.75, 3.05) is 20.8 Å². The molecule has 4 heteroatoms. The minimum absolute atomic E-state index is 0.0457. The van der Waals surface area contributed by atoms with Crippen LogP contribution in [0.15, 0.2) is 18.2 Å². The van der Waals surface area contributed by atoms with Crippen molar-refractivity contribution in [2.24, 2.45) is 11.1 Å². The number of rotatable bonds is 8. The molecule has 0 saturated heterocycles. The van der Waals surface area contributed by atoms with Gasteiger partial charge in [0.25, 0.3) is 0 Å². The van der Waals surface area contributed by atoms with Crippen molar-refractivity contribution >= 4 is 5.78 Å². The first-order chi connectivity index (χ1) is 9.45. The molecule has 0 radical (unpaired) electrons. The third kappa shape index (κ3) is 4.23. The first kappa shape index (κ1) is 16.5. The molecule has 4 nitrogen and oxygen atoms in total. The van der Waals surface area contributed by atoms with Crippen LogP contribution in [0, 0.1) is 5.41 Å². The third-order valence-electron chi connectivity index (χ3n) is 3.56. The predicted octanol–water partition coefficient (Wildman–Crippen LogP) is 3.04. The van der Waals surface area contributed by atoms with E-state index in [0.29, 0.717) is 30.0 Å². The Kier molecular flexibility index (Phi) is 6.02. The Balaban J connectivity index is 2.87. The number of carbonyl (C=O) groups is 1. The van der Waals surface area contributed by atoms with E-state index in [1.54, 1.807) is 26.4 Å². The van der Waals surface area contributed by atoms with Crippen LogP contribution >= 0.6 is 0 Å². The summed E-state index contributed by atoms with van der Waals surface area (Å²) in [6, 6.07) is 5.37. The number of benzene rings is 1. The van der Waals surface area contributed by atoms with Gasteiger partial charge in [0.2, 0.25) is 0 Å². The second-order valence-electron chi connectivity index (χ2n) is 5.66. The summed E-state index contributed by atoms with van der Waals surface area (Å²) in [5.41, 5.74) is 6.20. The molecule has 112 valence electrons. The molecule has 0 saturated carbocycles. The van der Waals surface area contributed by atoms with E-state index in [9.17, 15) is 4.79 Å². The van der Waals surface area contributed by atoms with E-state index < -0.39 is 0 Å². The van der Waals surface area contributed by atoms with Gasteiger partial charge in [0, 0.05) is 6.42 Å². The molecule has 0 heterocycles. The van der Waals surface area contributed by atoms with Crippen LogP contribution in [0.2, 0.25) is 0 Å². The van der Waals surface area contributed by atoms with Crippen molar-refractivity contribution in [3.63, 3.8) is 0 Å². The van der Waals surface area contributed by atoms with Gasteiger partial charge in [-0.3, -0.25) is 4.79 Å². The van der Waals surface area contributed by atoms with E-state index in [0.717, 1.165) is 12.8 Å². The maximum Gasteiger partial charge on any atom is 0.170 e. The Bertz CT molecular complexity index is 433. The minimum Gasteiger partial charge on any atom is -0.496 e. The number of Topliss-reactive ketones (excluding diaryl/α,β-unsaturated/α-hetero) is 1. The lowest BCUT2D eigenvalue weighted by atomic mass is 9.83. The minimum atomic E-state index is 0.0457. The lowest BCUT2D eigenvalue weighted by molar-refractivity contribution is 0.0955. The average molecular weight is 279 g/mol. The molecule has 1 rings (SSSR count). The van der Waals surface area contributed by atoms with Crippen molar-refractivity contribution in [3.8, 4) is 11.5 Å². The molecule has 0 spiro atoms. The van der Waals surface area contributed by atoms with Gasteiger partial charge in [-0.1, -0.05) is 19.9 Å². The Morgan fingerprint density at radius 2 is 1.70 bits per heavy atom. The van der Waals surface area contributed by atoms with Crippen LogP contribution in [0.4, 0.5) is 0 Å². The second-order valence-corrected chi connectivity index (χ2v) is 5.66. The van der Waals surface area contributed by atoms with Crippen molar-refractivity contribution in [1.29, 1.82) is 0 Å². The largest absolute Gasteiger partial charge is 0.496 e. The number of nitrogens with two attached hydrogens (primary N) is 1. The Labute approximate surface area is 121 Å². The summed E-state index contributed by atoms with van der Waals surface area (Å²) in [6.45, 7) is 4.90. The molecular formula is C16H25NO3. The molecule has 0 bridgehead atoms. The van der Waals surface area contributed by atoms with Gasteiger partial charge in [-0.2, -0.15) is 0 Å². The van der Waals surface area contributed by atoms with Gasteiger partial charge in [-0.15, -0.1) is 0 Å². The SMILES string of the molecule is COc1cccc(OC)c1C(=O)CCC(C)(C)CCN. The number of hydrogen-bond acceptors (Lipinski definition) is 4. The molecule has 0 aliphatic rings. The molecule has 0 aliphatic heterocycles. The summed E-state index contributed by atoms with van der Waals surface area (Å²) >= 11 is 0. The van der Waals surface area contributed by atoms with Gasteiger partial charge in [-0.25, -0.2) is 0 Å². The molecule has 1 aromatic rings. The summed E-state index contributed by atoms with van der Waals surface area (Å²) in [5, 5.41) is 0. The van der Waals surface area contributed by atoms with Crippen molar-refractivity contribution < 1.29 is 14.3 Å². The molecule has 1 aromatic carbocycles. The average Bonchev–Trinajstić information content (AvgIpc) is 2.43. The predicted molar refractivity (Wildman–Crippen MR) is 80.6 cm³/mol. The molecule has 0 atom stereocenters. The number of hydrogen-bond donors (Lipinski definition) is 1. The number of methoxy groups -OCH3 is 2. The zero-order valence-electron chi connectivity index (χ0n) is 12.9. The van der Waals surface area contributed by atoms with Crippen LogP contribution in [0.5, 0.6) is 11.5 Å². The summed E-state index contributed by atoms with van der Waals surface area (Å²) in [7, 11) is 3.12. The van der Waals surface area contributed by atoms with Gasteiger partial charge in [0.05, 0.1) is 14.2 Å². The smallest absolute Gasteiger partial charge is 0.170 e. The van der Waals surface area contributed by atoms with Crippen LogP contribution in [0.3, 0.4) is 0 Å². The highest BCUT2D eigenvalue weighted by molar-refractivity contribution is 6.01. The maximum absolute atomic E-state index is 12.5. The van der Waals surface area contributed by atoms with Gasteiger partial charge < -0.3 is 15.2 Å². The fourth-order valence-corrected chi connectivity index (χ4v) is 2.22. The zero-order valence-corrected chi connectivity index (χ0v) is 12.9. The fourth-order valence-electron chi connectivity index (χ4n) is 2.22. The second kappa shape index (κ2) is 7.29. The lowest BCUT2D eigenvalue weighted by Crippen LogP contribution is -2.18. The molecule has 0 amide bonds. The van der Waals surface area contributed by atoms with E-state index in [2.05, 4.69) is 13.8 Å². The topological polar surface area (TPSA) is 61.5 Å². The van der Waals surface area contributed by atoms with E-state index in [-0.39, 0.29) is 11.2 Å². The van der Waals surface area contributed by atoms with Gasteiger partial charge in [0.15, 0.2) is 5.78 Å². The summed E-state index contributed by atoms with van der Waals surface area (Å²) in [5.74, 6) is 1.17. The van der Waals surface area contributed by atoms with Crippen LogP contribution < -0.4 is 15.2 Å². The van der Waals surface area contributed by atoms with Crippen molar-refractivity contribution in [1.82, 2.24) is 0 Å². The van der Waals surface area contributed by atoms with Crippen LogP contribution in [0.25, 0.3) is 0 Å². The molecule has 0 aromatic heterocycles. The van der Waals surface area contributed by atoms with E-state index in [1.807, 2.05) is 6.07 Å². The maximum atomic E-state index is 12.5. The normalized spacial score (nSPS) is 11.2. The number of carbonyl (C=O) groups excluding carboxylic acids is 1.